The zero-order valence-corrected chi connectivity index (χ0v) is 14.3. The Bertz CT molecular complexity index is 854. The molecule has 2 aromatic rings. The summed E-state index contributed by atoms with van der Waals surface area (Å²) < 4.78 is 0. The van der Waals surface area contributed by atoms with Gasteiger partial charge in [-0.15, -0.1) is 0 Å². The number of rotatable bonds is 4. The molecule has 128 valence electrons. The molecule has 25 heavy (non-hydrogen) atoms. The summed E-state index contributed by atoms with van der Waals surface area (Å²) in [7, 11) is 0. The Morgan fingerprint density at radius 2 is 1.96 bits per heavy atom. The van der Waals surface area contributed by atoms with Gasteiger partial charge in [0.15, 0.2) is 6.29 Å². The number of fused-ring (bicyclic) bond motifs is 1. The summed E-state index contributed by atoms with van der Waals surface area (Å²) in [5.74, 6) is 0.447. The Labute approximate surface area is 147 Å². The van der Waals surface area contributed by atoms with Gasteiger partial charge in [-0.2, -0.15) is 0 Å². The van der Waals surface area contributed by atoms with Gasteiger partial charge in [0.2, 0.25) is 0 Å². The highest BCUT2D eigenvalue weighted by atomic mass is 16.4. The second-order valence-corrected chi connectivity index (χ2v) is 6.68. The van der Waals surface area contributed by atoms with Crippen molar-refractivity contribution < 1.29 is 14.7 Å². The number of benzene rings is 2. The topological polar surface area (TPSA) is 66.4 Å². The van der Waals surface area contributed by atoms with Gasteiger partial charge in [-0.25, -0.2) is 4.79 Å². The first-order valence-corrected chi connectivity index (χ1v) is 8.34. The first-order valence-electron chi connectivity index (χ1n) is 8.34. The fourth-order valence-corrected chi connectivity index (χ4v) is 3.30. The van der Waals surface area contributed by atoms with Crippen LogP contribution in [0.25, 0.3) is 11.1 Å². The molecule has 0 aliphatic heterocycles. The fourth-order valence-electron chi connectivity index (χ4n) is 3.30. The molecule has 0 bridgehead atoms. The molecular weight excluding hydrogens is 314 g/mol. The minimum atomic E-state index is -1.31. The Morgan fingerprint density at radius 1 is 1.20 bits per heavy atom. The predicted molar refractivity (Wildman–Crippen MR) is 97.7 cm³/mol. The molecule has 1 aliphatic rings. The van der Waals surface area contributed by atoms with E-state index in [0.29, 0.717) is 24.2 Å². The summed E-state index contributed by atoms with van der Waals surface area (Å²) in [6.45, 7) is 4.32. The van der Waals surface area contributed by atoms with Crippen LogP contribution in [0.5, 0.6) is 0 Å². The van der Waals surface area contributed by atoms with Gasteiger partial charge in [-0.05, 0) is 40.2 Å². The minimum Gasteiger partial charge on any atom is -0.465 e. The van der Waals surface area contributed by atoms with Crippen LogP contribution in [0.15, 0.2) is 54.6 Å². The van der Waals surface area contributed by atoms with Gasteiger partial charge in [0.25, 0.3) is 0 Å². The van der Waals surface area contributed by atoms with E-state index < -0.39 is 11.6 Å². The molecule has 0 aromatic heterocycles. The monoisotopic (exact) mass is 335 g/mol. The first kappa shape index (κ1) is 17.0. The molecule has 0 saturated heterocycles. The summed E-state index contributed by atoms with van der Waals surface area (Å²) in [6.07, 6.45) is 3.55. The van der Waals surface area contributed by atoms with Crippen LogP contribution in [0, 0.1) is 0 Å². The zero-order chi connectivity index (χ0) is 18.0. The van der Waals surface area contributed by atoms with Crippen LogP contribution < -0.4 is 5.32 Å². The molecule has 0 fully saturated rings. The van der Waals surface area contributed by atoms with Crippen LogP contribution >= 0.6 is 0 Å². The van der Waals surface area contributed by atoms with Crippen LogP contribution in [-0.2, 0) is 16.8 Å². The maximum Gasteiger partial charge on any atom is 0.405 e. The molecule has 1 amide bonds. The Balaban J connectivity index is 2.05. The lowest BCUT2D eigenvalue weighted by molar-refractivity contribution is -0.112. The van der Waals surface area contributed by atoms with Crippen molar-refractivity contribution >= 4 is 12.4 Å². The number of carboxylic acid groups (broad SMARTS) is 1. The number of allylic oxidation sites excluding steroid dienone is 1. The van der Waals surface area contributed by atoms with Gasteiger partial charge in [0.1, 0.15) is 5.54 Å². The average molecular weight is 335 g/mol. The summed E-state index contributed by atoms with van der Waals surface area (Å²) in [5.41, 5.74) is 3.78. The van der Waals surface area contributed by atoms with Gasteiger partial charge in [-0.1, -0.05) is 68.5 Å². The Morgan fingerprint density at radius 3 is 2.64 bits per heavy atom. The first-order chi connectivity index (χ1) is 11.9. The number of hydrogen-bond donors (Lipinski definition) is 2. The maximum absolute atomic E-state index is 11.7. The van der Waals surface area contributed by atoms with Crippen molar-refractivity contribution in [2.45, 2.75) is 31.7 Å². The van der Waals surface area contributed by atoms with Crippen molar-refractivity contribution in [1.82, 2.24) is 5.32 Å². The molecule has 0 spiro atoms. The van der Waals surface area contributed by atoms with Crippen molar-refractivity contribution in [2.24, 2.45) is 0 Å². The third kappa shape index (κ3) is 3.20. The van der Waals surface area contributed by atoms with Crippen LogP contribution in [0.3, 0.4) is 0 Å². The molecule has 4 heteroatoms. The number of amides is 1. The van der Waals surface area contributed by atoms with Crippen molar-refractivity contribution in [2.75, 3.05) is 0 Å². The van der Waals surface area contributed by atoms with Gasteiger partial charge in [-0.3, -0.25) is 4.79 Å². The largest absolute Gasteiger partial charge is 0.465 e. The average Bonchev–Trinajstić information content (AvgIpc) is 2.61. The van der Waals surface area contributed by atoms with Crippen LogP contribution in [0.4, 0.5) is 4.79 Å². The van der Waals surface area contributed by atoms with Crippen LogP contribution in [0.1, 0.15) is 36.5 Å². The van der Waals surface area contributed by atoms with E-state index in [2.05, 4.69) is 37.4 Å². The Hall–Kier alpha value is -2.88. The summed E-state index contributed by atoms with van der Waals surface area (Å²) in [6, 6.07) is 14.2. The van der Waals surface area contributed by atoms with Crippen molar-refractivity contribution in [3.8, 4) is 11.1 Å². The number of carbonyl (C=O) groups excluding carboxylic acids is 1. The molecule has 0 radical (unpaired) electrons. The molecular formula is C21H21NO3. The zero-order valence-electron chi connectivity index (χ0n) is 14.3. The van der Waals surface area contributed by atoms with E-state index in [0.717, 1.165) is 16.7 Å². The van der Waals surface area contributed by atoms with Crippen molar-refractivity contribution in [3.63, 3.8) is 0 Å². The quantitative estimate of drug-likeness (QED) is 0.648. The molecule has 2 N–H and O–H groups in total. The predicted octanol–water partition coefficient (Wildman–Crippen LogP) is 4.25. The smallest absolute Gasteiger partial charge is 0.405 e. The summed E-state index contributed by atoms with van der Waals surface area (Å²) >= 11 is 0. The number of carbonyl (C=O) groups is 2. The van der Waals surface area contributed by atoms with Crippen LogP contribution in [0.2, 0.25) is 0 Å². The summed E-state index contributed by atoms with van der Waals surface area (Å²) in [5, 5.41) is 11.4. The van der Waals surface area contributed by atoms with E-state index in [1.165, 1.54) is 5.56 Å². The summed E-state index contributed by atoms with van der Waals surface area (Å²) in [4.78, 5) is 22.8. The van der Waals surface area contributed by atoms with Crippen molar-refractivity contribution in [3.05, 3.63) is 71.3 Å². The molecule has 0 unspecified atom stereocenters. The third-order valence-corrected chi connectivity index (χ3v) is 4.66. The lowest BCUT2D eigenvalue weighted by Crippen LogP contribution is -2.46. The lowest BCUT2D eigenvalue weighted by Gasteiger charge is -2.30. The molecule has 4 nitrogen and oxygen atoms in total. The second-order valence-electron chi connectivity index (χ2n) is 6.68. The van der Waals surface area contributed by atoms with E-state index >= 15 is 0 Å². The number of hydrogen-bond acceptors (Lipinski definition) is 2. The highest BCUT2D eigenvalue weighted by Gasteiger charge is 2.35. The van der Waals surface area contributed by atoms with Gasteiger partial charge in [0.05, 0.1) is 0 Å². The maximum atomic E-state index is 11.7. The molecule has 3 rings (SSSR count). The SMILES string of the molecule is CC(C)c1cccc(-c2ccc3c(c2)CC=C[C@]3(C=O)NC(=O)O)c1. The van der Waals surface area contributed by atoms with Crippen molar-refractivity contribution in [1.29, 1.82) is 0 Å². The standard InChI is InChI=1S/C21H21NO3/c1-14(2)15-5-3-6-16(11-15)17-8-9-19-18(12-17)7-4-10-21(19,13-23)22-20(24)25/h3-6,8-14,22H,7H2,1-2H3,(H,24,25)/t21-/m1/s1. The van der Waals surface area contributed by atoms with E-state index in [1.54, 1.807) is 6.08 Å². The van der Waals surface area contributed by atoms with Gasteiger partial charge >= 0.3 is 6.09 Å². The number of aldehydes is 1. The van der Waals surface area contributed by atoms with Crippen LogP contribution in [-0.4, -0.2) is 17.5 Å². The van der Waals surface area contributed by atoms with E-state index in [1.807, 2.05) is 30.3 Å². The molecule has 1 atom stereocenters. The highest BCUT2D eigenvalue weighted by molar-refractivity contribution is 5.81. The highest BCUT2D eigenvalue weighted by Crippen LogP contribution is 2.33. The van der Waals surface area contributed by atoms with E-state index in [-0.39, 0.29) is 0 Å². The second kappa shape index (κ2) is 6.55. The molecule has 1 aliphatic carbocycles. The third-order valence-electron chi connectivity index (χ3n) is 4.66. The molecule has 0 saturated carbocycles. The minimum absolute atomic E-state index is 0.447. The molecule has 2 aromatic carbocycles. The van der Waals surface area contributed by atoms with Gasteiger partial charge in [0, 0.05) is 0 Å². The fraction of sp³-hybridized carbons (Fsp3) is 0.238. The van der Waals surface area contributed by atoms with E-state index in [9.17, 15) is 9.59 Å². The normalized spacial score (nSPS) is 18.7. The lowest BCUT2D eigenvalue weighted by atomic mass is 9.81. The number of nitrogens with one attached hydrogen (secondary N) is 1. The van der Waals surface area contributed by atoms with E-state index in [4.69, 9.17) is 5.11 Å². The van der Waals surface area contributed by atoms with Gasteiger partial charge < -0.3 is 10.4 Å². The Kier molecular flexibility index (Phi) is 4.45. The molecule has 0 heterocycles.